The molecule has 1 heterocycles. The smallest absolute Gasteiger partial charge is 0.308 e. The molecule has 0 radical (unpaired) electrons. The van der Waals surface area contributed by atoms with Crippen molar-refractivity contribution >= 4 is 11.9 Å². The Balaban J connectivity index is 2.19. The maximum Gasteiger partial charge on any atom is 0.308 e. The van der Waals surface area contributed by atoms with Crippen LogP contribution in [0.25, 0.3) is 0 Å². The Kier molecular flexibility index (Phi) is 3.88. The second-order valence-corrected chi connectivity index (χ2v) is 5.14. The first kappa shape index (κ1) is 13.6. The lowest BCUT2D eigenvalue weighted by atomic mass is 9.99. The molecule has 0 aromatic heterocycles. The maximum atomic E-state index is 12.5. The van der Waals surface area contributed by atoms with Gasteiger partial charge in [0.25, 0.3) is 5.91 Å². The van der Waals surface area contributed by atoms with Crippen molar-refractivity contribution in [3.63, 3.8) is 0 Å². The summed E-state index contributed by atoms with van der Waals surface area (Å²) in [7, 11) is 0. The van der Waals surface area contributed by atoms with E-state index in [9.17, 15) is 9.59 Å². The summed E-state index contributed by atoms with van der Waals surface area (Å²) in [5.74, 6) is -1.30. The average molecular weight is 261 g/mol. The summed E-state index contributed by atoms with van der Waals surface area (Å²) in [6, 6.07) is 7.53. The summed E-state index contributed by atoms with van der Waals surface area (Å²) < 4.78 is 0. The molecule has 1 amide bonds. The first-order chi connectivity index (χ1) is 9.04. The van der Waals surface area contributed by atoms with Gasteiger partial charge in [0.2, 0.25) is 0 Å². The van der Waals surface area contributed by atoms with Crippen molar-refractivity contribution in [2.45, 2.75) is 20.3 Å². The molecule has 1 saturated heterocycles. The first-order valence-electron chi connectivity index (χ1n) is 6.64. The van der Waals surface area contributed by atoms with E-state index in [1.807, 2.05) is 38.1 Å². The van der Waals surface area contributed by atoms with Gasteiger partial charge in [-0.2, -0.15) is 0 Å². The largest absolute Gasteiger partial charge is 0.481 e. The Labute approximate surface area is 113 Å². The standard InChI is InChI=1S/C15H19NO3/c1-3-11-6-4-5-7-12(11)14(17)16-8-10(2)13(9-16)15(18)19/h4-7,10,13H,3,8-9H2,1-2H3,(H,18,19)/t10-,13-/m1/s1. The molecule has 0 spiro atoms. The van der Waals surface area contributed by atoms with Crippen LogP contribution in [-0.2, 0) is 11.2 Å². The summed E-state index contributed by atoms with van der Waals surface area (Å²) >= 11 is 0. The number of carbonyl (C=O) groups is 2. The Morgan fingerprint density at radius 2 is 2.00 bits per heavy atom. The van der Waals surface area contributed by atoms with Crippen LogP contribution in [-0.4, -0.2) is 35.0 Å². The number of amides is 1. The molecule has 0 saturated carbocycles. The zero-order valence-corrected chi connectivity index (χ0v) is 11.3. The molecule has 19 heavy (non-hydrogen) atoms. The van der Waals surface area contributed by atoms with Gasteiger partial charge < -0.3 is 10.0 Å². The SMILES string of the molecule is CCc1ccccc1C(=O)N1C[C@@H](C)[C@H](C(=O)O)C1. The maximum absolute atomic E-state index is 12.5. The van der Waals surface area contributed by atoms with E-state index in [4.69, 9.17) is 5.11 Å². The summed E-state index contributed by atoms with van der Waals surface area (Å²) in [6.45, 7) is 4.73. The predicted molar refractivity (Wildman–Crippen MR) is 72.0 cm³/mol. The summed E-state index contributed by atoms with van der Waals surface area (Å²) in [4.78, 5) is 25.2. The molecular weight excluding hydrogens is 242 g/mol. The molecule has 0 bridgehead atoms. The van der Waals surface area contributed by atoms with E-state index in [2.05, 4.69) is 0 Å². The molecule has 2 atom stereocenters. The zero-order chi connectivity index (χ0) is 14.0. The summed E-state index contributed by atoms with van der Waals surface area (Å²) in [5.41, 5.74) is 1.71. The van der Waals surface area contributed by atoms with Crippen LogP contribution in [0.5, 0.6) is 0 Å². The third-order valence-electron chi connectivity index (χ3n) is 3.85. The van der Waals surface area contributed by atoms with Gasteiger partial charge in [0, 0.05) is 18.7 Å². The van der Waals surface area contributed by atoms with Gasteiger partial charge in [0.15, 0.2) is 0 Å². The fraction of sp³-hybridized carbons (Fsp3) is 0.467. The van der Waals surface area contributed by atoms with Crippen LogP contribution in [0, 0.1) is 11.8 Å². The van der Waals surface area contributed by atoms with Gasteiger partial charge >= 0.3 is 5.97 Å². The Hall–Kier alpha value is -1.84. The molecule has 102 valence electrons. The van der Waals surface area contributed by atoms with Crippen LogP contribution in [0.1, 0.15) is 29.8 Å². The van der Waals surface area contributed by atoms with Gasteiger partial charge in [-0.3, -0.25) is 9.59 Å². The molecule has 4 heteroatoms. The normalized spacial score (nSPS) is 22.5. The molecule has 1 N–H and O–H groups in total. The number of aliphatic carboxylic acids is 1. The lowest BCUT2D eigenvalue weighted by Crippen LogP contribution is -2.30. The number of carbonyl (C=O) groups excluding carboxylic acids is 1. The molecule has 1 aliphatic heterocycles. The van der Waals surface area contributed by atoms with Gasteiger partial charge in [-0.25, -0.2) is 0 Å². The third-order valence-corrected chi connectivity index (χ3v) is 3.85. The highest BCUT2D eigenvalue weighted by Gasteiger charge is 2.37. The van der Waals surface area contributed by atoms with Crippen LogP contribution in [0.3, 0.4) is 0 Å². The quantitative estimate of drug-likeness (QED) is 0.905. The van der Waals surface area contributed by atoms with Crippen molar-refractivity contribution in [2.75, 3.05) is 13.1 Å². The summed E-state index contributed by atoms with van der Waals surface area (Å²) in [5, 5.41) is 9.12. The highest BCUT2D eigenvalue weighted by Crippen LogP contribution is 2.25. The number of hydrogen-bond acceptors (Lipinski definition) is 2. The van der Waals surface area contributed by atoms with Crippen molar-refractivity contribution in [3.8, 4) is 0 Å². The predicted octanol–water partition coefficient (Wildman–Crippen LogP) is 2.04. The van der Waals surface area contributed by atoms with Gasteiger partial charge in [-0.1, -0.05) is 32.0 Å². The minimum absolute atomic E-state index is 0.00948. The van der Waals surface area contributed by atoms with Crippen LogP contribution in [0.4, 0.5) is 0 Å². The fourth-order valence-corrected chi connectivity index (χ4v) is 2.66. The van der Waals surface area contributed by atoms with Crippen LogP contribution < -0.4 is 0 Å². The first-order valence-corrected chi connectivity index (χ1v) is 6.64. The summed E-state index contributed by atoms with van der Waals surface area (Å²) in [6.07, 6.45) is 0.799. The minimum Gasteiger partial charge on any atom is -0.481 e. The topological polar surface area (TPSA) is 57.6 Å². The van der Waals surface area contributed by atoms with E-state index in [-0.39, 0.29) is 11.8 Å². The lowest BCUT2D eigenvalue weighted by molar-refractivity contribution is -0.142. The van der Waals surface area contributed by atoms with Crippen molar-refractivity contribution in [3.05, 3.63) is 35.4 Å². The highest BCUT2D eigenvalue weighted by molar-refractivity contribution is 5.96. The Bertz CT molecular complexity index is 498. The van der Waals surface area contributed by atoms with Crippen LogP contribution >= 0.6 is 0 Å². The van der Waals surface area contributed by atoms with E-state index in [0.717, 1.165) is 12.0 Å². The number of carboxylic acids is 1. The Morgan fingerprint density at radius 1 is 1.32 bits per heavy atom. The molecule has 0 unspecified atom stereocenters. The van der Waals surface area contributed by atoms with E-state index in [1.165, 1.54) is 0 Å². The lowest BCUT2D eigenvalue weighted by Gasteiger charge is -2.17. The zero-order valence-electron chi connectivity index (χ0n) is 11.3. The molecule has 1 fully saturated rings. The number of carboxylic acid groups (broad SMARTS) is 1. The number of likely N-dealkylation sites (tertiary alicyclic amines) is 1. The van der Waals surface area contributed by atoms with Gasteiger partial charge in [0.05, 0.1) is 5.92 Å². The van der Waals surface area contributed by atoms with Crippen molar-refractivity contribution < 1.29 is 14.7 Å². The second-order valence-electron chi connectivity index (χ2n) is 5.14. The van der Waals surface area contributed by atoms with Gasteiger partial charge in [-0.15, -0.1) is 0 Å². The van der Waals surface area contributed by atoms with Crippen LogP contribution in [0.15, 0.2) is 24.3 Å². The number of nitrogens with zero attached hydrogens (tertiary/aromatic N) is 1. The third kappa shape index (κ3) is 2.62. The van der Waals surface area contributed by atoms with Gasteiger partial charge in [0.1, 0.15) is 0 Å². The van der Waals surface area contributed by atoms with Crippen LogP contribution in [0.2, 0.25) is 0 Å². The van der Waals surface area contributed by atoms with E-state index in [0.29, 0.717) is 18.7 Å². The van der Waals surface area contributed by atoms with E-state index >= 15 is 0 Å². The van der Waals surface area contributed by atoms with E-state index in [1.54, 1.807) is 4.90 Å². The fourth-order valence-electron chi connectivity index (χ4n) is 2.66. The molecule has 1 aromatic rings. The Morgan fingerprint density at radius 3 is 2.58 bits per heavy atom. The van der Waals surface area contributed by atoms with Crippen molar-refractivity contribution in [1.29, 1.82) is 0 Å². The molecule has 1 aliphatic rings. The van der Waals surface area contributed by atoms with Crippen molar-refractivity contribution in [2.24, 2.45) is 11.8 Å². The van der Waals surface area contributed by atoms with Crippen molar-refractivity contribution in [1.82, 2.24) is 4.90 Å². The number of aryl methyl sites for hydroxylation is 1. The highest BCUT2D eigenvalue weighted by atomic mass is 16.4. The minimum atomic E-state index is -0.813. The molecule has 1 aromatic carbocycles. The molecular formula is C15H19NO3. The molecule has 4 nitrogen and oxygen atoms in total. The average Bonchev–Trinajstić information content (AvgIpc) is 2.80. The monoisotopic (exact) mass is 261 g/mol. The van der Waals surface area contributed by atoms with Gasteiger partial charge in [-0.05, 0) is 24.0 Å². The number of rotatable bonds is 3. The molecule has 0 aliphatic carbocycles. The number of benzene rings is 1. The van der Waals surface area contributed by atoms with E-state index < -0.39 is 11.9 Å². The molecule has 2 rings (SSSR count). The second kappa shape index (κ2) is 5.43. The number of hydrogen-bond donors (Lipinski definition) is 1.